The van der Waals surface area contributed by atoms with Gasteiger partial charge in [0.15, 0.2) is 0 Å². The van der Waals surface area contributed by atoms with Crippen molar-refractivity contribution in [1.82, 2.24) is 5.32 Å². The van der Waals surface area contributed by atoms with E-state index in [4.69, 9.17) is 4.99 Å². The van der Waals surface area contributed by atoms with Gasteiger partial charge in [-0.05, 0) is 12.1 Å². The first-order valence-corrected chi connectivity index (χ1v) is 8.74. The smallest absolute Gasteiger partial charge is 0.142 e. The molecule has 2 aromatic rings. The molecule has 0 unspecified atom stereocenters. The van der Waals surface area contributed by atoms with Crippen molar-refractivity contribution in [2.75, 3.05) is 18.4 Å². The average Bonchev–Trinajstić information content (AvgIpc) is 2.85. The molecule has 0 saturated carbocycles. The number of para-hydroxylation sites is 1. The van der Waals surface area contributed by atoms with Crippen molar-refractivity contribution < 1.29 is 4.79 Å². The molecule has 5 heteroatoms. The Hall–Kier alpha value is -3.21. The van der Waals surface area contributed by atoms with E-state index in [1.54, 1.807) is 0 Å². The van der Waals surface area contributed by atoms with Gasteiger partial charge in [-0.3, -0.25) is 9.79 Å². The first-order valence-electron chi connectivity index (χ1n) is 8.74. The van der Waals surface area contributed by atoms with E-state index >= 15 is 0 Å². The predicted molar refractivity (Wildman–Crippen MR) is 105 cm³/mol. The van der Waals surface area contributed by atoms with Crippen molar-refractivity contribution in [3.63, 3.8) is 0 Å². The molecule has 0 saturated heterocycles. The summed E-state index contributed by atoms with van der Waals surface area (Å²) in [6, 6.07) is 19.9. The van der Waals surface area contributed by atoms with E-state index in [0.717, 1.165) is 34.2 Å². The van der Waals surface area contributed by atoms with Crippen molar-refractivity contribution in [2.24, 2.45) is 9.98 Å². The van der Waals surface area contributed by atoms with Crippen LogP contribution in [0.2, 0.25) is 0 Å². The Labute approximate surface area is 152 Å². The molecular formula is C21H20N4O. The zero-order valence-electron chi connectivity index (χ0n) is 14.4. The lowest BCUT2D eigenvalue weighted by molar-refractivity contribution is -0.117. The number of carbonyl (C=O) groups is 1. The molecule has 0 atom stereocenters. The summed E-state index contributed by atoms with van der Waals surface area (Å²) in [5, 5.41) is 6.66. The molecule has 2 heterocycles. The molecule has 4 rings (SSSR count). The zero-order valence-corrected chi connectivity index (χ0v) is 14.4. The van der Waals surface area contributed by atoms with E-state index in [1.807, 2.05) is 60.7 Å². The predicted octanol–water partition coefficient (Wildman–Crippen LogP) is 3.16. The van der Waals surface area contributed by atoms with Gasteiger partial charge < -0.3 is 10.6 Å². The standard InChI is InChI=1S/C21H20N4O/c26-19-11-16-13-23-20(15-7-3-1-4-8-15)25-21(16)24-18(12-19)14-22-17-9-5-2-6-10-17/h1-10,22H,11-14H2,(H,23,25). The highest BCUT2D eigenvalue weighted by Gasteiger charge is 2.22. The number of carbonyl (C=O) groups excluding carboxylic acids is 1. The molecule has 0 radical (unpaired) electrons. The van der Waals surface area contributed by atoms with Gasteiger partial charge in [0, 0.05) is 35.4 Å². The van der Waals surface area contributed by atoms with Crippen LogP contribution in [-0.2, 0) is 4.79 Å². The van der Waals surface area contributed by atoms with Gasteiger partial charge in [0.1, 0.15) is 17.4 Å². The van der Waals surface area contributed by atoms with Crippen molar-refractivity contribution in [3.05, 3.63) is 77.6 Å². The maximum atomic E-state index is 12.3. The number of Topliss-reactive ketones (excluding diaryl/α,β-unsaturated/α-hetero) is 1. The second-order valence-electron chi connectivity index (χ2n) is 6.40. The van der Waals surface area contributed by atoms with Gasteiger partial charge in [0.05, 0.1) is 13.1 Å². The second-order valence-corrected chi connectivity index (χ2v) is 6.40. The minimum atomic E-state index is 0.184. The number of ketones is 1. The van der Waals surface area contributed by atoms with Gasteiger partial charge in [-0.2, -0.15) is 0 Å². The van der Waals surface area contributed by atoms with E-state index < -0.39 is 0 Å². The highest BCUT2D eigenvalue weighted by atomic mass is 16.1. The molecule has 130 valence electrons. The van der Waals surface area contributed by atoms with E-state index in [0.29, 0.717) is 25.9 Å². The van der Waals surface area contributed by atoms with Crippen LogP contribution in [0.5, 0.6) is 0 Å². The molecule has 0 amide bonds. The van der Waals surface area contributed by atoms with Gasteiger partial charge in [0.25, 0.3) is 0 Å². The summed E-state index contributed by atoms with van der Waals surface area (Å²) in [7, 11) is 0. The molecule has 26 heavy (non-hydrogen) atoms. The molecule has 5 nitrogen and oxygen atoms in total. The maximum absolute atomic E-state index is 12.3. The van der Waals surface area contributed by atoms with Crippen LogP contribution in [0, 0.1) is 0 Å². The summed E-state index contributed by atoms with van der Waals surface area (Å²) in [6.07, 6.45) is 0.779. The minimum absolute atomic E-state index is 0.184. The van der Waals surface area contributed by atoms with Gasteiger partial charge in [-0.25, -0.2) is 4.99 Å². The third-order valence-corrected chi connectivity index (χ3v) is 4.40. The Balaban J connectivity index is 1.53. The summed E-state index contributed by atoms with van der Waals surface area (Å²) in [6.45, 7) is 1.06. The van der Waals surface area contributed by atoms with Gasteiger partial charge in [-0.15, -0.1) is 0 Å². The van der Waals surface area contributed by atoms with Crippen molar-refractivity contribution in [1.29, 1.82) is 0 Å². The SMILES string of the molecule is O=C1CC(CNc2ccccc2)=NC2=C(CN=C(c3ccccc3)N2)C1. The van der Waals surface area contributed by atoms with Crippen LogP contribution in [0.3, 0.4) is 0 Å². The molecule has 2 aromatic carbocycles. The van der Waals surface area contributed by atoms with E-state index in [9.17, 15) is 4.79 Å². The largest absolute Gasteiger partial charge is 0.380 e. The van der Waals surface area contributed by atoms with E-state index in [2.05, 4.69) is 15.6 Å². The van der Waals surface area contributed by atoms with Crippen LogP contribution < -0.4 is 10.6 Å². The molecular weight excluding hydrogens is 324 g/mol. The van der Waals surface area contributed by atoms with E-state index in [1.165, 1.54) is 0 Å². The second kappa shape index (κ2) is 7.35. The lowest BCUT2D eigenvalue weighted by Gasteiger charge is -2.18. The molecule has 0 bridgehead atoms. The molecule has 0 aromatic heterocycles. The third-order valence-electron chi connectivity index (χ3n) is 4.40. The Kier molecular flexibility index (Phi) is 4.60. The van der Waals surface area contributed by atoms with Gasteiger partial charge in [0.2, 0.25) is 0 Å². The highest BCUT2D eigenvalue weighted by Crippen LogP contribution is 2.20. The maximum Gasteiger partial charge on any atom is 0.142 e. The number of anilines is 1. The lowest BCUT2D eigenvalue weighted by atomic mass is 10.1. The highest BCUT2D eigenvalue weighted by molar-refractivity contribution is 6.07. The van der Waals surface area contributed by atoms with Crippen LogP contribution >= 0.6 is 0 Å². The number of amidine groups is 1. The molecule has 2 aliphatic rings. The zero-order chi connectivity index (χ0) is 17.8. The number of nitrogens with zero attached hydrogens (tertiary/aromatic N) is 2. The molecule has 2 N–H and O–H groups in total. The quantitative estimate of drug-likeness (QED) is 0.895. The van der Waals surface area contributed by atoms with Crippen LogP contribution in [0.4, 0.5) is 5.69 Å². The first kappa shape index (κ1) is 16.3. The topological polar surface area (TPSA) is 65.8 Å². The van der Waals surface area contributed by atoms with Crippen molar-refractivity contribution >= 4 is 23.0 Å². The van der Waals surface area contributed by atoms with Gasteiger partial charge in [-0.1, -0.05) is 48.5 Å². The first-order chi connectivity index (χ1) is 12.8. The Morgan fingerprint density at radius 3 is 2.46 bits per heavy atom. The monoisotopic (exact) mass is 344 g/mol. The fraction of sp³-hybridized carbons (Fsp3) is 0.190. The number of aliphatic imine (C=N–C) groups is 2. The van der Waals surface area contributed by atoms with Crippen LogP contribution in [-0.4, -0.2) is 30.4 Å². The van der Waals surface area contributed by atoms with Crippen molar-refractivity contribution in [3.8, 4) is 0 Å². The summed E-state index contributed by atoms with van der Waals surface area (Å²) in [5.74, 6) is 1.76. The minimum Gasteiger partial charge on any atom is -0.380 e. The van der Waals surface area contributed by atoms with Gasteiger partial charge >= 0.3 is 0 Å². The fourth-order valence-electron chi connectivity index (χ4n) is 3.08. The summed E-state index contributed by atoms with van der Waals surface area (Å²) in [4.78, 5) is 21.6. The van der Waals surface area contributed by atoms with Crippen LogP contribution in [0.25, 0.3) is 0 Å². The Morgan fingerprint density at radius 1 is 0.962 bits per heavy atom. The normalized spacial score (nSPS) is 16.8. The number of rotatable bonds is 4. The fourth-order valence-corrected chi connectivity index (χ4v) is 3.08. The van der Waals surface area contributed by atoms with Crippen LogP contribution in [0.15, 0.2) is 82.0 Å². The number of benzene rings is 2. The van der Waals surface area contributed by atoms with E-state index in [-0.39, 0.29) is 5.78 Å². The number of nitrogens with one attached hydrogen (secondary N) is 2. The average molecular weight is 344 g/mol. The number of hydrogen-bond acceptors (Lipinski definition) is 5. The molecule has 0 spiro atoms. The Morgan fingerprint density at radius 2 is 1.69 bits per heavy atom. The molecule has 2 aliphatic heterocycles. The number of hydrogen-bond donors (Lipinski definition) is 2. The van der Waals surface area contributed by atoms with Crippen LogP contribution in [0.1, 0.15) is 18.4 Å². The summed E-state index contributed by atoms with van der Waals surface area (Å²) in [5.41, 5.74) is 3.84. The lowest BCUT2D eigenvalue weighted by Crippen LogP contribution is -2.29. The van der Waals surface area contributed by atoms with Crippen molar-refractivity contribution in [2.45, 2.75) is 12.8 Å². The Bertz CT molecular complexity index is 898. The summed E-state index contributed by atoms with van der Waals surface area (Å²) < 4.78 is 0. The summed E-state index contributed by atoms with van der Waals surface area (Å²) >= 11 is 0. The molecule has 0 fully saturated rings. The third kappa shape index (κ3) is 3.72. The molecule has 0 aliphatic carbocycles.